The van der Waals surface area contributed by atoms with Gasteiger partial charge in [-0.2, -0.15) is 0 Å². The molecular formula is C25H20N2O5. The van der Waals surface area contributed by atoms with Gasteiger partial charge in [-0.05, 0) is 36.4 Å². The Bertz CT molecular complexity index is 1290. The number of hydrogen-bond donors (Lipinski definition) is 0. The molecule has 0 bridgehead atoms. The summed E-state index contributed by atoms with van der Waals surface area (Å²) in [4.78, 5) is 34.4. The highest BCUT2D eigenvalue weighted by Gasteiger charge is 2.19. The Morgan fingerprint density at radius 2 is 1.75 bits per heavy atom. The van der Waals surface area contributed by atoms with E-state index < -0.39 is 12.6 Å². The van der Waals surface area contributed by atoms with Gasteiger partial charge >= 0.3 is 5.97 Å². The summed E-state index contributed by atoms with van der Waals surface area (Å²) < 4.78 is 15.8. The van der Waals surface area contributed by atoms with Crippen molar-refractivity contribution < 1.29 is 23.8 Å². The number of methoxy groups -OCH3 is 2. The van der Waals surface area contributed by atoms with Gasteiger partial charge in [0.2, 0.25) is 5.78 Å². The van der Waals surface area contributed by atoms with Gasteiger partial charge in [0.1, 0.15) is 11.5 Å². The minimum Gasteiger partial charge on any atom is -0.497 e. The number of esters is 1. The number of carbonyl (C=O) groups excluding carboxylic acids is 2. The van der Waals surface area contributed by atoms with E-state index in [-0.39, 0.29) is 5.78 Å². The summed E-state index contributed by atoms with van der Waals surface area (Å²) in [5.74, 6) is -0.0986. The number of para-hydroxylation sites is 1. The molecule has 0 aliphatic heterocycles. The van der Waals surface area contributed by atoms with E-state index in [1.54, 1.807) is 48.8 Å². The van der Waals surface area contributed by atoms with Crippen molar-refractivity contribution in [1.82, 2.24) is 9.97 Å². The monoisotopic (exact) mass is 428 g/mol. The van der Waals surface area contributed by atoms with Crippen LogP contribution in [-0.2, 0) is 4.74 Å². The highest BCUT2D eigenvalue weighted by atomic mass is 16.5. The molecule has 2 aromatic carbocycles. The van der Waals surface area contributed by atoms with E-state index in [4.69, 9.17) is 14.2 Å². The molecule has 0 aliphatic carbocycles. The van der Waals surface area contributed by atoms with Gasteiger partial charge in [0.25, 0.3) is 0 Å². The Kier molecular flexibility index (Phi) is 6.07. The lowest BCUT2D eigenvalue weighted by Crippen LogP contribution is -2.15. The molecule has 0 atom stereocenters. The van der Waals surface area contributed by atoms with Crippen LogP contribution >= 0.6 is 0 Å². The quantitative estimate of drug-likeness (QED) is 0.319. The molecule has 32 heavy (non-hydrogen) atoms. The summed E-state index contributed by atoms with van der Waals surface area (Å²) in [5.41, 5.74) is 2.63. The third-order valence-electron chi connectivity index (χ3n) is 4.94. The average Bonchev–Trinajstić information content (AvgIpc) is 2.86. The molecule has 4 rings (SSSR count). The highest BCUT2D eigenvalue weighted by Crippen LogP contribution is 2.27. The van der Waals surface area contributed by atoms with Gasteiger partial charge in [-0.25, -0.2) is 9.78 Å². The molecule has 7 heteroatoms. The van der Waals surface area contributed by atoms with Gasteiger partial charge in [-0.15, -0.1) is 0 Å². The van der Waals surface area contributed by atoms with Gasteiger partial charge in [0, 0.05) is 29.4 Å². The third kappa shape index (κ3) is 4.27. The first kappa shape index (κ1) is 21.0. The lowest BCUT2D eigenvalue weighted by Gasteiger charge is -2.11. The molecule has 0 N–H and O–H groups in total. The van der Waals surface area contributed by atoms with Crippen LogP contribution in [0.4, 0.5) is 0 Å². The first-order chi connectivity index (χ1) is 15.6. The van der Waals surface area contributed by atoms with E-state index in [0.717, 1.165) is 5.56 Å². The molecule has 4 aromatic rings. The Morgan fingerprint density at radius 1 is 0.906 bits per heavy atom. The predicted molar refractivity (Wildman–Crippen MR) is 119 cm³/mol. The number of ketones is 1. The van der Waals surface area contributed by atoms with Crippen LogP contribution in [0.15, 0.2) is 73.1 Å². The fourth-order valence-electron chi connectivity index (χ4n) is 3.32. The fourth-order valence-corrected chi connectivity index (χ4v) is 3.32. The molecule has 0 fully saturated rings. The Morgan fingerprint density at radius 3 is 2.50 bits per heavy atom. The first-order valence-electron chi connectivity index (χ1n) is 9.83. The summed E-state index contributed by atoms with van der Waals surface area (Å²) >= 11 is 0. The van der Waals surface area contributed by atoms with Crippen molar-refractivity contribution in [3.05, 3.63) is 84.2 Å². The number of rotatable bonds is 7. The highest BCUT2D eigenvalue weighted by molar-refractivity contribution is 6.06. The van der Waals surface area contributed by atoms with E-state index in [9.17, 15) is 9.59 Å². The summed E-state index contributed by atoms with van der Waals surface area (Å²) in [5, 5.41) is 0.639. The molecule has 2 heterocycles. The van der Waals surface area contributed by atoms with Crippen molar-refractivity contribution >= 4 is 22.7 Å². The average molecular weight is 428 g/mol. The van der Waals surface area contributed by atoms with Gasteiger partial charge in [0.15, 0.2) is 6.61 Å². The van der Waals surface area contributed by atoms with Crippen molar-refractivity contribution in [2.24, 2.45) is 0 Å². The number of pyridine rings is 2. The minimum absolute atomic E-state index is 0.303. The molecule has 0 saturated carbocycles. The summed E-state index contributed by atoms with van der Waals surface area (Å²) in [7, 11) is 2.98. The fraction of sp³-hybridized carbons (Fsp3) is 0.120. The van der Waals surface area contributed by atoms with E-state index in [1.165, 1.54) is 14.2 Å². The summed E-state index contributed by atoms with van der Waals surface area (Å²) in [6, 6.07) is 17.4. The van der Waals surface area contributed by atoms with Crippen molar-refractivity contribution in [1.29, 1.82) is 0 Å². The van der Waals surface area contributed by atoms with E-state index in [2.05, 4.69) is 9.97 Å². The van der Waals surface area contributed by atoms with E-state index in [0.29, 0.717) is 39.2 Å². The molecule has 0 spiro atoms. The van der Waals surface area contributed by atoms with Gasteiger partial charge in [0.05, 0.1) is 36.6 Å². The van der Waals surface area contributed by atoms with Crippen LogP contribution in [-0.4, -0.2) is 42.5 Å². The second-order valence-corrected chi connectivity index (χ2v) is 6.88. The first-order valence-corrected chi connectivity index (χ1v) is 9.83. The van der Waals surface area contributed by atoms with Crippen LogP contribution in [0, 0.1) is 0 Å². The Hall–Kier alpha value is -4.26. The summed E-state index contributed by atoms with van der Waals surface area (Å²) in [6.45, 7) is -0.430. The predicted octanol–water partition coefficient (Wildman–Crippen LogP) is 4.35. The molecule has 160 valence electrons. The van der Waals surface area contributed by atoms with Crippen LogP contribution < -0.4 is 9.47 Å². The number of aromatic nitrogens is 2. The molecule has 0 unspecified atom stereocenters. The number of carbonyl (C=O) groups is 2. The minimum atomic E-state index is -0.616. The van der Waals surface area contributed by atoms with Crippen molar-refractivity contribution in [2.45, 2.75) is 0 Å². The van der Waals surface area contributed by atoms with Gasteiger partial charge in [-0.1, -0.05) is 18.2 Å². The topological polar surface area (TPSA) is 87.6 Å². The molecule has 7 nitrogen and oxygen atoms in total. The second kappa shape index (κ2) is 9.26. The van der Waals surface area contributed by atoms with Crippen LogP contribution in [0.5, 0.6) is 11.5 Å². The standard InChI is InChI=1S/C25H20N2O5/c1-30-17-9-10-19(24(12-17)31-2)23(28)15-32-25(29)20-13-22(16-6-5-11-26-14-16)27-21-8-4-3-7-18(20)21/h3-14H,15H2,1-2H3. The van der Waals surface area contributed by atoms with Crippen LogP contribution in [0.2, 0.25) is 0 Å². The zero-order valence-corrected chi connectivity index (χ0v) is 17.6. The van der Waals surface area contributed by atoms with Crippen molar-refractivity contribution in [3.63, 3.8) is 0 Å². The Balaban J connectivity index is 1.61. The number of ether oxygens (including phenoxy) is 3. The molecule has 0 amide bonds. The molecule has 0 saturated heterocycles. The molecule has 2 aromatic heterocycles. The molecule has 0 radical (unpaired) electrons. The number of fused-ring (bicyclic) bond motifs is 1. The zero-order chi connectivity index (χ0) is 22.5. The van der Waals surface area contributed by atoms with Crippen LogP contribution in [0.25, 0.3) is 22.2 Å². The second-order valence-electron chi connectivity index (χ2n) is 6.88. The van der Waals surface area contributed by atoms with Crippen molar-refractivity contribution in [3.8, 4) is 22.8 Å². The van der Waals surface area contributed by atoms with Crippen LogP contribution in [0.1, 0.15) is 20.7 Å². The zero-order valence-electron chi connectivity index (χ0n) is 17.6. The lowest BCUT2D eigenvalue weighted by atomic mass is 10.0. The smallest absolute Gasteiger partial charge is 0.339 e. The van der Waals surface area contributed by atoms with E-state index in [1.807, 2.05) is 24.3 Å². The largest absolute Gasteiger partial charge is 0.497 e. The number of hydrogen-bond acceptors (Lipinski definition) is 7. The molecule has 0 aliphatic rings. The molecular weight excluding hydrogens is 408 g/mol. The van der Waals surface area contributed by atoms with Gasteiger partial charge < -0.3 is 14.2 Å². The number of nitrogens with zero attached hydrogens (tertiary/aromatic N) is 2. The normalized spacial score (nSPS) is 10.6. The summed E-state index contributed by atoms with van der Waals surface area (Å²) in [6.07, 6.45) is 3.34. The lowest BCUT2D eigenvalue weighted by molar-refractivity contribution is 0.0476. The SMILES string of the molecule is COc1ccc(C(=O)COC(=O)c2cc(-c3cccnc3)nc3ccccc23)c(OC)c1. The van der Waals surface area contributed by atoms with E-state index >= 15 is 0 Å². The maximum atomic E-state index is 13.0. The third-order valence-corrected chi connectivity index (χ3v) is 4.94. The maximum Gasteiger partial charge on any atom is 0.339 e. The maximum absolute atomic E-state index is 13.0. The van der Waals surface area contributed by atoms with Crippen molar-refractivity contribution in [2.75, 3.05) is 20.8 Å². The van der Waals surface area contributed by atoms with Crippen LogP contribution in [0.3, 0.4) is 0 Å². The number of Topliss-reactive ketones (excluding diaryl/α,β-unsaturated/α-hetero) is 1. The van der Waals surface area contributed by atoms with Gasteiger partial charge in [-0.3, -0.25) is 9.78 Å². The Labute approximate surface area is 184 Å². The number of benzene rings is 2.